The highest BCUT2D eigenvalue weighted by Gasteiger charge is 2.38. The molecule has 1 saturated carbocycles. The average Bonchev–Trinajstić information content (AvgIpc) is 2.96. The van der Waals surface area contributed by atoms with Crippen LogP contribution in [0.3, 0.4) is 0 Å². The van der Waals surface area contributed by atoms with Crippen molar-refractivity contribution in [3.05, 3.63) is 18.3 Å². The predicted molar refractivity (Wildman–Crippen MR) is 48.4 cm³/mol. The maximum Gasteiger partial charge on any atom is 0.405 e. The van der Waals surface area contributed by atoms with Gasteiger partial charge in [0.2, 0.25) is 5.95 Å². The van der Waals surface area contributed by atoms with E-state index in [0.29, 0.717) is 12.8 Å². The van der Waals surface area contributed by atoms with E-state index in [0.717, 1.165) is 17.3 Å². The molecule has 1 heterocycles. The van der Waals surface area contributed by atoms with Crippen LogP contribution >= 0.6 is 0 Å². The zero-order valence-corrected chi connectivity index (χ0v) is 8.21. The Balaban J connectivity index is 2.19. The van der Waals surface area contributed by atoms with E-state index in [1.165, 1.54) is 0 Å². The molecule has 0 bridgehead atoms. The smallest absolute Gasteiger partial charge is 0.344 e. The van der Waals surface area contributed by atoms with Crippen LogP contribution in [0.25, 0.3) is 0 Å². The number of anilines is 1. The fourth-order valence-corrected chi connectivity index (χ4v) is 1.46. The van der Waals surface area contributed by atoms with Crippen LogP contribution in [0, 0.1) is 5.95 Å². The molecule has 2 rings (SSSR count). The van der Waals surface area contributed by atoms with E-state index >= 15 is 0 Å². The molecule has 1 fully saturated rings. The Morgan fingerprint density at radius 3 is 2.50 bits per heavy atom. The predicted octanol–water partition coefficient (Wildman–Crippen LogP) is 2.15. The van der Waals surface area contributed by atoms with Gasteiger partial charge in [-0.05, 0) is 12.8 Å². The summed E-state index contributed by atoms with van der Waals surface area (Å²) in [5.41, 5.74) is 0. The van der Waals surface area contributed by atoms with Crippen molar-refractivity contribution in [1.29, 1.82) is 0 Å². The van der Waals surface area contributed by atoms with Crippen molar-refractivity contribution in [3.63, 3.8) is 0 Å². The maximum absolute atomic E-state index is 12.8. The summed E-state index contributed by atoms with van der Waals surface area (Å²) < 4.78 is 49.7. The highest BCUT2D eigenvalue weighted by molar-refractivity contribution is 5.40. The molecule has 0 aromatic carbocycles. The van der Waals surface area contributed by atoms with Crippen molar-refractivity contribution in [2.75, 3.05) is 11.4 Å². The lowest BCUT2D eigenvalue weighted by molar-refractivity contribution is -0.120. The van der Waals surface area contributed by atoms with Crippen LogP contribution in [-0.2, 0) is 0 Å². The summed E-state index contributed by atoms with van der Waals surface area (Å²) >= 11 is 0. The number of aromatic nitrogens is 2. The van der Waals surface area contributed by atoms with E-state index in [1.807, 2.05) is 0 Å². The molecular weight excluding hydrogens is 226 g/mol. The molecule has 0 radical (unpaired) electrons. The first-order valence-electron chi connectivity index (χ1n) is 4.76. The SMILES string of the molecule is Fc1cc(N(CC(F)(F)F)C2CC2)ncn1. The van der Waals surface area contributed by atoms with E-state index in [1.54, 1.807) is 0 Å². The topological polar surface area (TPSA) is 29.0 Å². The minimum Gasteiger partial charge on any atom is -0.344 e. The second kappa shape index (κ2) is 3.88. The molecule has 0 spiro atoms. The molecule has 1 aliphatic rings. The van der Waals surface area contributed by atoms with Gasteiger partial charge >= 0.3 is 6.18 Å². The Morgan fingerprint density at radius 2 is 2.00 bits per heavy atom. The third-order valence-electron chi connectivity index (χ3n) is 2.25. The van der Waals surface area contributed by atoms with E-state index in [4.69, 9.17) is 0 Å². The van der Waals surface area contributed by atoms with Crippen molar-refractivity contribution in [2.45, 2.75) is 25.1 Å². The van der Waals surface area contributed by atoms with Gasteiger partial charge in [0.1, 0.15) is 18.7 Å². The molecule has 0 saturated heterocycles. The number of halogens is 4. The van der Waals surface area contributed by atoms with Gasteiger partial charge in [-0.2, -0.15) is 17.6 Å². The molecule has 3 nitrogen and oxygen atoms in total. The lowest BCUT2D eigenvalue weighted by Crippen LogP contribution is -2.36. The van der Waals surface area contributed by atoms with Crippen LogP contribution in [0.2, 0.25) is 0 Å². The van der Waals surface area contributed by atoms with E-state index in [9.17, 15) is 17.6 Å². The first-order valence-corrected chi connectivity index (χ1v) is 4.76. The monoisotopic (exact) mass is 235 g/mol. The van der Waals surface area contributed by atoms with Gasteiger partial charge in [0, 0.05) is 12.1 Å². The number of alkyl halides is 3. The Morgan fingerprint density at radius 1 is 1.31 bits per heavy atom. The summed E-state index contributed by atoms with van der Waals surface area (Å²) in [4.78, 5) is 7.95. The minimum absolute atomic E-state index is 0.00711. The molecule has 0 unspecified atom stereocenters. The van der Waals surface area contributed by atoms with Gasteiger partial charge in [-0.25, -0.2) is 9.97 Å². The summed E-state index contributed by atoms with van der Waals surface area (Å²) in [6, 6.07) is 0.736. The van der Waals surface area contributed by atoms with Gasteiger partial charge in [0.05, 0.1) is 0 Å². The van der Waals surface area contributed by atoms with Gasteiger partial charge in [-0.3, -0.25) is 0 Å². The van der Waals surface area contributed by atoms with E-state index in [2.05, 4.69) is 9.97 Å². The molecule has 0 N–H and O–H groups in total. The lowest BCUT2D eigenvalue weighted by Gasteiger charge is -2.24. The van der Waals surface area contributed by atoms with Crippen LogP contribution in [0.5, 0.6) is 0 Å². The summed E-state index contributed by atoms with van der Waals surface area (Å²) in [5, 5.41) is 0. The van der Waals surface area contributed by atoms with Gasteiger partial charge in [-0.15, -0.1) is 0 Å². The molecule has 88 valence electrons. The van der Waals surface area contributed by atoms with Gasteiger partial charge in [-0.1, -0.05) is 0 Å². The van der Waals surface area contributed by atoms with Crippen molar-refractivity contribution >= 4 is 5.82 Å². The highest BCUT2D eigenvalue weighted by atomic mass is 19.4. The molecule has 0 amide bonds. The zero-order valence-electron chi connectivity index (χ0n) is 8.21. The number of rotatable bonds is 3. The molecule has 0 atom stereocenters. The van der Waals surface area contributed by atoms with Crippen LogP contribution in [0.15, 0.2) is 12.4 Å². The Bertz CT molecular complexity index is 375. The third kappa shape index (κ3) is 2.80. The molecule has 16 heavy (non-hydrogen) atoms. The lowest BCUT2D eigenvalue weighted by atomic mass is 10.4. The fourth-order valence-electron chi connectivity index (χ4n) is 1.46. The Labute approximate surface area is 89.1 Å². The quantitative estimate of drug-likeness (QED) is 0.593. The summed E-state index contributed by atoms with van der Waals surface area (Å²) in [6.07, 6.45) is -2.02. The normalized spacial score (nSPS) is 16.2. The first-order chi connectivity index (χ1) is 7.46. The minimum atomic E-state index is -4.32. The van der Waals surface area contributed by atoms with E-state index < -0.39 is 18.7 Å². The van der Waals surface area contributed by atoms with E-state index in [-0.39, 0.29) is 11.9 Å². The van der Waals surface area contributed by atoms with Gasteiger partial charge < -0.3 is 4.90 Å². The Kier molecular flexibility index (Phi) is 2.69. The number of nitrogens with zero attached hydrogens (tertiary/aromatic N) is 3. The Hall–Kier alpha value is -1.40. The first kappa shape index (κ1) is 11.1. The van der Waals surface area contributed by atoms with Gasteiger partial charge in [0.25, 0.3) is 0 Å². The molecule has 1 aromatic rings. The number of hydrogen-bond donors (Lipinski definition) is 0. The molecular formula is C9H9F4N3. The molecule has 0 aliphatic heterocycles. The van der Waals surface area contributed by atoms with Crippen LogP contribution in [0.4, 0.5) is 23.4 Å². The van der Waals surface area contributed by atoms with Gasteiger partial charge in [0.15, 0.2) is 0 Å². The second-order valence-electron chi connectivity index (χ2n) is 3.67. The molecule has 1 aromatic heterocycles. The second-order valence-corrected chi connectivity index (χ2v) is 3.67. The van der Waals surface area contributed by atoms with Crippen molar-refractivity contribution in [3.8, 4) is 0 Å². The molecule has 1 aliphatic carbocycles. The summed E-state index contributed by atoms with van der Waals surface area (Å²) in [7, 11) is 0. The van der Waals surface area contributed by atoms with Crippen LogP contribution in [0.1, 0.15) is 12.8 Å². The van der Waals surface area contributed by atoms with Crippen molar-refractivity contribution in [2.24, 2.45) is 0 Å². The zero-order chi connectivity index (χ0) is 11.8. The summed E-state index contributed by atoms with van der Waals surface area (Å²) in [5.74, 6) is -0.829. The third-order valence-corrected chi connectivity index (χ3v) is 2.25. The van der Waals surface area contributed by atoms with Crippen molar-refractivity contribution < 1.29 is 17.6 Å². The largest absolute Gasteiger partial charge is 0.405 e. The summed E-state index contributed by atoms with van der Waals surface area (Å²) in [6.45, 7) is -1.10. The van der Waals surface area contributed by atoms with Crippen LogP contribution < -0.4 is 4.90 Å². The fraction of sp³-hybridized carbons (Fsp3) is 0.556. The molecule has 7 heteroatoms. The highest BCUT2D eigenvalue weighted by Crippen LogP contribution is 2.33. The van der Waals surface area contributed by atoms with Crippen molar-refractivity contribution in [1.82, 2.24) is 9.97 Å². The number of hydrogen-bond acceptors (Lipinski definition) is 3. The maximum atomic E-state index is 12.8. The average molecular weight is 235 g/mol. The standard InChI is InChI=1S/C9H9F4N3/c10-7-3-8(15-5-14-7)16(6-1-2-6)4-9(11,12)13/h3,5-6H,1-2,4H2. The van der Waals surface area contributed by atoms with Crippen LogP contribution in [-0.4, -0.2) is 28.7 Å².